The Balaban J connectivity index is 1.68. The van der Waals surface area contributed by atoms with Gasteiger partial charge < -0.3 is 25.1 Å². The Morgan fingerprint density at radius 1 is 1.21 bits per heavy atom. The molecule has 29 heavy (non-hydrogen) atoms. The number of fused-ring (bicyclic) bond motifs is 1. The van der Waals surface area contributed by atoms with Crippen LogP contribution in [0.4, 0.5) is 5.69 Å². The van der Waals surface area contributed by atoms with E-state index >= 15 is 0 Å². The molecule has 0 bridgehead atoms. The molecule has 0 fully saturated rings. The van der Waals surface area contributed by atoms with Crippen LogP contribution >= 0.6 is 0 Å². The quantitative estimate of drug-likeness (QED) is 0.412. The molecule has 2 aromatic heterocycles. The Morgan fingerprint density at radius 2 is 2.00 bits per heavy atom. The summed E-state index contributed by atoms with van der Waals surface area (Å²) in [6, 6.07) is 10.1. The van der Waals surface area contributed by atoms with Gasteiger partial charge in [-0.05, 0) is 24.3 Å². The zero-order valence-corrected chi connectivity index (χ0v) is 15.1. The van der Waals surface area contributed by atoms with Crippen molar-refractivity contribution in [1.82, 2.24) is 9.88 Å². The normalized spacial score (nSPS) is 11.4. The second kappa shape index (κ2) is 8.65. The first kappa shape index (κ1) is 19.5. The Labute approximate surface area is 164 Å². The van der Waals surface area contributed by atoms with Crippen LogP contribution in [0.15, 0.2) is 63.4 Å². The summed E-state index contributed by atoms with van der Waals surface area (Å²) in [5, 5.41) is 20.5. The van der Waals surface area contributed by atoms with Crippen molar-refractivity contribution in [3.63, 3.8) is 0 Å². The molecule has 0 aliphatic heterocycles. The molecule has 0 saturated heterocycles. The molecule has 3 rings (SSSR count). The Hall–Kier alpha value is -4.21. The molecule has 10 heteroatoms. The highest BCUT2D eigenvalue weighted by atomic mass is 16.3. The van der Waals surface area contributed by atoms with E-state index < -0.39 is 17.7 Å². The van der Waals surface area contributed by atoms with Gasteiger partial charge in [0.25, 0.3) is 5.91 Å². The zero-order chi connectivity index (χ0) is 20.8. The molecule has 0 radical (unpaired) electrons. The highest BCUT2D eigenvalue weighted by Crippen LogP contribution is 2.38. The van der Waals surface area contributed by atoms with Crippen LogP contribution in [0.25, 0.3) is 17.0 Å². The first-order valence-electron chi connectivity index (χ1n) is 8.48. The third-order valence-corrected chi connectivity index (χ3v) is 3.85. The van der Waals surface area contributed by atoms with Gasteiger partial charge in [-0.15, -0.1) is 10.2 Å². The van der Waals surface area contributed by atoms with Crippen LogP contribution in [0.3, 0.4) is 0 Å². The van der Waals surface area contributed by atoms with Gasteiger partial charge in [0.2, 0.25) is 17.7 Å². The molecule has 10 nitrogen and oxygen atoms in total. The molecular weight excluding hydrogens is 378 g/mol. The average Bonchev–Trinajstić information content (AvgIpc) is 3.30. The number of carbonyl (C=O) groups is 3. The lowest BCUT2D eigenvalue weighted by atomic mass is 10.2. The van der Waals surface area contributed by atoms with E-state index in [1.807, 2.05) is 0 Å². The summed E-state index contributed by atoms with van der Waals surface area (Å²) in [4.78, 5) is 34.9. The number of azo groups is 1. The third-order valence-electron chi connectivity index (χ3n) is 3.85. The molecule has 0 saturated carbocycles. The van der Waals surface area contributed by atoms with Gasteiger partial charge in [0.15, 0.2) is 5.69 Å². The molecule has 0 atom stereocenters. The summed E-state index contributed by atoms with van der Waals surface area (Å²) in [6.45, 7) is -0.639. The van der Waals surface area contributed by atoms with E-state index in [4.69, 9.17) is 10.2 Å². The van der Waals surface area contributed by atoms with Gasteiger partial charge in [-0.2, -0.15) is 0 Å². The van der Waals surface area contributed by atoms with Crippen molar-refractivity contribution >= 4 is 40.4 Å². The Kier molecular flexibility index (Phi) is 5.83. The third kappa shape index (κ3) is 4.75. The number of primary amides is 1. The molecular formula is C19H17N5O5. The second-order valence-corrected chi connectivity index (χ2v) is 5.90. The highest BCUT2D eigenvalue weighted by Gasteiger charge is 2.17. The minimum atomic E-state index is -0.726. The van der Waals surface area contributed by atoms with Crippen molar-refractivity contribution in [3.05, 3.63) is 54.5 Å². The number of benzene rings is 1. The Morgan fingerprint density at radius 3 is 2.72 bits per heavy atom. The largest absolute Gasteiger partial charge is 0.493 e. The molecule has 0 unspecified atom stereocenters. The van der Waals surface area contributed by atoms with Crippen LogP contribution in [-0.2, 0) is 20.9 Å². The van der Waals surface area contributed by atoms with Crippen molar-refractivity contribution in [3.8, 4) is 5.88 Å². The first-order valence-corrected chi connectivity index (χ1v) is 8.48. The highest BCUT2D eigenvalue weighted by molar-refractivity contribution is 5.97. The SMILES string of the molecule is NC(=O)Cn1c(O)c(N=NC(=O)CNC(=O)C=Cc2ccco2)c2ccccc21. The predicted octanol–water partition coefficient (Wildman–Crippen LogP) is 1.87. The van der Waals surface area contributed by atoms with Crippen molar-refractivity contribution in [1.29, 1.82) is 0 Å². The number of furan rings is 1. The van der Waals surface area contributed by atoms with Crippen LogP contribution in [0.5, 0.6) is 5.88 Å². The molecule has 0 spiro atoms. The topological polar surface area (TPSA) is 152 Å². The monoisotopic (exact) mass is 395 g/mol. The van der Waals surface area contributed by atoms with Gasteiger partial charge >= 0.3 is 0 Å². The molecule has 2 heterocycles. The van der Waals surface area contributed by atoms with Crippen molar-refractivity contribution in [2.75, 3.05) is 6.54 Å². The van der Waals surface area contributed by atoms with E-state index in [-0.39, 0.29) is 24.7 Å². The van der Waals surface area contributed by atoms with E-state index in [9.17, 15) is 19.5 Å². The van der Waals surface area contributed by atoms with Gasteiger partial charge in [0, 0.05) is 11.5 Å². The lowest BCUT2D eigenvalue weighted by Gasteiger charge is -2.02. The lowest BCUT2D eigenvalue weighted by molar-refractivity contribution is -0.122. The van der Waals surface area contributed by atoms with Gasteiger partial charge in [-0.1, -0.05) is 18.2 Å². The van der Waals surface area contributed by atoms with E-state index in [2.05, 4.69) is 15.5 Å². The van der Waals surface area contributed by atoms with Crippen molar-refractivity contribution in [2.45, 2.75) is 6.54 Å². The van der Waals surface area contributed by atoms with Crippen LogP contribution in [-0.4, -0.2) is 33.9 Å². The first-order chi connectivity index (χ1) is 14.0. The molecule has 0 aliphatic carbocycles. The van der Waals surface area contributed by atoms with Gasteiger partial charge in [0.1, 0.15) is 18.8 Å². The minimum Gasteiger partial charge on any atom is -0.493 e. The number of nitrogens with zero attached hydrogens (tertiary/aromatic N) is 3. The van der Waals surface area contributed by atoms with E-state index in [0.717, 1.165) is 0 Å². The smallest absolute Gasteiger partial charge is 0.283 e. The van der Waals surface area contributed by atoms with Gasteiger partial charge in [-0.25, -0.2) is 0 Å². The predicted molar refractivity (Wildman–Crippen MR) is 103 cm³/mol. The van der Waals surface area contributed by atoms with Crippen molar-refractivity contribution in [2.24, 2.45) is 16.0 Å². The number of aromatic nitrogens is 1. The van der Waals surface area contributed by atoms with Crippen molar-refractivity contribution < 1.29 is 23.9 Å². The molecule has 3 amide bonds. The number of amides is 3. The minimum absolute atomic E-state index is 0.0271. The number of nitrogens with one attached hydrogen (secondary N) is 1. The number of carbonyl (C=O) groups excluding carboxylic acids is 3. The van der Waals surface area contributed by atoms with Crippen LogP contribution < -0.4 is 11.1 Å². The number of para-hydroxylation sites is 1. The van der Waals surface area contributed by atoms with E-state index in [1.54, 1.807) is 36.4 Å². The molecule has 4 N–H and O–H groups in total. The molecule has 3 aromatic rings. The van der Waals surface area contributed by atoms with Gasteiger partial charge in [0.05, 0.1) is 11.8 Å². The Bertz CT molecular complexity index is 1110. The van der Waals surface area contributed by atoms with Gasteiger partial charge in [-0.3, -0.25) is 14.4 Å². The maximum atomic E-state index is 11.9. The van der Waals surface area contributed by atoms with E-state index in [1.165, 1.54) is 23.0 Å². The standard InChI is InChI=1S/C19H17N5O5/c20-15(25)11-24-14-6-2-1-5-13(14)18(19(24)28)23-22-17(27)10-21-16(26)8-7-12-4-3-9-29-12/h1-9,28H,10-11H2,(H2,20,25)(H,21,26). The lowest BCUT2D eigenvalue weighted by Crippen LogP contribution is -2.26. The summed E-state index contributed by atoms with van der Waals surface area (Å²) in [6.07, 6.45) is 4.14. The van der Waals surface area contributed by atoms with Crippen LogP contribution in [0.1, 0.15) is 5.76 Å². The summed E-state index contributed by atoms with van der Waals surface area (Å²) in [7, 11) is 0. The fourth-order valence-corrected chi connectivity index (χ4v) is 2.59. The fourth-order valence-electron chi connectivity index (χ4n) is 2.59. The summed E-state index contributed by atoms with van der Waals surface area (Å²) in [5.74, 6) is -1.73. The number of hydrogen-bond donors (Lipinski definition) is 3. The number of nitrogens with two attached hydrogens (primary N) is 1. The summed E-state index contributed by atoms with van der Waals surface area (Å²) >= 11 is 0. The maximum absolute atomic E-state index is 11.9. The number of aromatic hydroxyl groups is 1. The number of hydrogen-bond acceptors (Lipinski definition) is 6. The zero-order valence-electron chi connectivity index (χ0n) is 15.1. The fraction of sp³-hybridized carbons (Fsp3) is 0.105. The average molecular weight is 395 g/mol. The number of rotatable bonds is 7. The summed E-state index contributed by atoms with van der Waals surface area (Å²) < 4.78 is 6.32. The maximum Gasteiger partial charge on any atom is 0.283 e. The second-order valence-electron chi connectivity index (χ2n) is 5.90. The summed E-state index contributed by atoms with van der Waals surface area (Å²) in [5.41, 5.74) is 5.75. The molecule has 148 valence electrons. The molecule has 1 aromatic carbocycles. The van der Waals surface area contributed by atoms with Crippen LogP contribution in [0, 0.1) is 0 Å². The molecule has 0 aliphatic rings. The van der Waals surface area contributed by atoms with E-state index in [0.29, 0.717) is 16.7 Å². The van der Waals surface area contributed by atoms with Crippen LogP contribution in [0.2, 0.25) is 0 Å².